The van der Waals surface area contributed by atoms with Crippen LogP contribution < -0.4 is 10.5 Å². The number of nitrogen functional groups attached to an aromatic ring is 1. The van der Waals surface area contributed by atoms with Crippen LogP contribution in [0.5, 0.6) is 5.75 Å². The van der Waals surface area contributed by atoms with Gasteiger partial charge < -0.3 is 25.1 Å². The molecular formula is C24H25F4N5O3. The van der Waals surface area contributed by atoms with Crippen molar-refractivity contribution in [3.63, 3.8) is 0 Å². The fourth-order valence-corrected chi connectivity index (χ4v) is 4.97. The first-order valence-corrected chi connectivity index (χ1v) is 11.8. The van der Waals surface area contributed by atoms with Gasteiger partial charge in [0.25, 0.3) is 5.91 Å². The number of halogens is 4. The van der Waals surface area contributed by atoms with Gasteiger partial charge in [0.1, 0.15) is 11.3 Å². The Balaban J connectivity index is 1.29. The lowest BCUT2D eigenvalue weighted by molar-refractivity contribution is -0.275. The number of anilines is 1. The third kappa shape index (κ3) is 4.81. The quantitative estimate of drug-likeness (QED) is 0.398. The molecule has 36 heavy (non-hydrogen) atoms. The minimum Gasteiger partial charge on any atom is -0.403 e. The van der Waals surface area contributed by atoms with Gasteiger partial charge in [-0.15, -0.1) is 13.2 Å². The first-order chi connectivity index (χ1) is 17.2. The summed E-state index contributed by atoms with van der Waals surface area (Å²) < 4.78 is 60.8. The van der Waals surface area contributed by atoms with E-state index in [4.69, 9.17) is 15.5 Å². The van der Waals surface area contributed by atoms with Gasteiger partial charge in [-0.1, -0.05) is 0 Å². The molecule has 5 rings (SSSR count). The number of piperidine rings is 1. The molecule has 3 aromatic rings. The van der Waals surface area contributed by atoms with Gasteiger partial charge in [-0.05, 0) is 55.4 Å². The predicted molar refractivity (Wildman–Crippen MR) is 122 cm³/mol. The van der Waals surface area contributed by atoms with Crippen molar-refractivity contribution in [2.24, 2.45) is 0 Å². The number of aromatic nitrogens is 3. The molecule has 2 fully saturated rings. The molecule has 0 saturated carbocycles. The van der Waals surface area contributed by atoms with E-state index < -0.39 is 29.5 Å². The van der Waals surface area contributed by atoms with Crippen molar-refractivity contribution in [3.05, 3.63) is 47.2 Å². The Kier molecular flexibility index (Phi) is 6.45. The van der Waals surface area contributed by atoms with Crippen LogP contribution in [0, 0.1) is 5.82 Å². The molecule has 0 atom stereocenters. The van der Waals surface area contributed by atoms with E-state index in [1.165, 1.54) is 4.90 Å². The monoisotopic (exact) mass is 507 g/mol. The lowest BCUT2D eigenvalue weighted by atomic mass is 9.89. The lowest BCUT2D eigenvalue weighted by Gasteiger charge is -2.32. The molecule has 8 nitrogen and oxygen atoms in total. The number of amides is 1. The van der Waals surface area contributed by atoms with Gasteiger partial charge in [0.15, 0.2) is 17.2 Å². The van der Waals surface area contributed by atoms with Crippen molar-refractivity contribution < 1.29 is 31.8 Å². The average Bonchev–Trinajstić information content (AvgIpc) is 3.31. The van der Waals surface area contributed by atoms with Crippen LogP contribution in [0.3, 0.4) is 0 Å². The second-order valence-corrected chi connectivity index (χ2v) is 9.06. The van der Waals surface area contributed by atoms with E-state index in [0.29, 0.717) is 45.1 Å². The zero-order valence-corrected chi connectivity index (χ0v) is 19.3. The van der Waals surface area contributed by atoms with Gasteiger partial charge in [0.05, 0.1) is 11.3 Å². The van der Waals surface area contributed by atoms with Crippen molar-refractivity contribution in [2.45, 2.75) is 43.9 Å². The number of carbonyl (C=O) groups excluding carboxylic acids is 1. The Morgan fingerprint density at radius 3 is 2.53 bits per heavy atom. The van der Waals surface area contributed by atoms with E-state index >= 15 is 0 Å². The highest BCUT2D eigenvalue weighted by Gasteiger charge is 2.34. The Bertz CT molecular complexity index is 1260. The standard InChI is InChI=1S/C24H25F4N5O3/c25-18-17(36-24(26,27)28)2-1-16(19(18)29)23(34)33-9-4-13(5-10-33)15-3-8-30-22-20(15)31-21(32-22)14-6-11-35-12-7-14/h1-3,8,13-14H,4-7,9-12,29H2,(H,30,31,32). The number of hydrogen-bond acceptors (Lipinski definition) is 6. The smallest absolute Gasteiger partial charge is 0.403 e. The zero-order chi connectivity index (χ0) is 25.4. The summed E-state index contributed by atoms with van der Waals surface area (Å²) in [6.07, 6.45) is -0.233. The molecule has 2 aliphatic rings. The van der Waals surface area contributed by atoms with E-state index in [1.54, 1.807) is 6.20 Å². The maximum atomic E-state index is 14.3. The summed E-state index contributed by atoms with van der Waals surface area (Å²) in [5.74, 6) is -1.66. The highest BCUT2D eigenvalue weighted by Crippen LogP contribution is 2.35. The number of rotatable bonds is 4. The number of H-pyrrole nitrogens is 1. The van der Waals surface area contributed by atoms with E-state index in [-0.39, 0.29) is 11.5 Å². The van der Waals surface area contributed by atoms with Gasteiger partial charge in [0, 0.05) is 38.4 Å². The fourth-order valence-electron chi connectivity index (χ4n) is 4.97. The molecule has 12 heteroatoms. The molecule has 4 heterocycles. The lowest BCUT2D eigenvalue weighted by Crippen LogP contribution is -2.38. The molecule has 0 radical (unpaired) electrons. The number of benzene rings is 1. The number of nitrogens with one attached hydrogen (secondary N) is 1. The number of aromatic amines is 1. The number of pyridine rings is 1. The molecule has 192 valence electrons. The normalized spacial score (nSPS) is 18.1. The molecule has 1 aromatic carbocycles. The van der Waals surface area contributed by atoms with Crippen molar-refractivity contribution in [1.82, 2.24) is 19.9 Å². The number of imidazole rings is 1. The van der Waals surface area contributed by atoms with Crippen LogP contribution in [0.1, 0.15) is 59.3 Å². The first-order valence-electron chi connectivity index (χ1n) is 11.8. The molecule has 3 N–H and O–H groups in total. The first kappa shape index (κ1) is 24.3. The molecule has 0 unspecified atom stereocenters. The number of alkyl halides is 3. The summed E-state index contributed by atoms with van der Waals surface area (Å²) in [7, 11) is 0. The van der Waals surface area contributed by atoms with Gasteiger partial charge in [0.2, 0.25) is 0 Å². The highest BCUT2D eigenvalue weighted by atomic mass is 19.4. The summed E-state index contributed by atoms with van der Waals surface area (Å²) in [4.78, 5) is 27.2. The van der Waals surface area contributed by atoms with Crippen LogP contribution in [0.4, 0.5) is 23.2 Å². The van der Waals surface area contributed by atoms with Crippen molar-refractivity contribution in [1.29, 1.82) is 0 Å². The van der Waals surface area contributed by atoms with Crippen LogP contribution in [0.2, 0.25) is 0 Å². The average molecular weight is 507 g/mol. The largest absolute Gasteiger partial charge is 0.573 e. The van der Waals surface area contributed by atoms with Crippen LogP contribution in [-0.2, 0) is 4.74 Å². The summed E-state index contributed by atoms with van der Waals surface area (Å²) in [6, 6.07) is 3.77. The van der Waals surface area contributed by atoms with Crippen LogP contribution in [0.15, 0.2) is 24.4 Å². The van der Waals surface area contributed by atoms with Gasteiger partial charge in [-0.2, -0.15) is 0 Å². The van der Waals surface area contributed by atoms with E-state index in [2.05, 4.69) is 14.7 Å². The highest BCUT2D eigenvalue weighted by molar-refractivity contribution is 5.99. The van der Waals surface area contributed by atoms with Crippen LogP contribution in [0.25, 0.3) is 11.2 Å². The molecule has 2 aliphatic heterocycles. The van der Waals surface area contributed by atoms with E-state index in [1.807, 2.05) is 6.07 Å². The molecule has 0 aliphatic carbocycles. The summed E-state index contributed by atoms with van der Waals surface area (Å²) in [6.45, 7) is 2.18. The van der Waals surface area contributed by atoms with Crippen molar-refractivity contribution in [2.75, 3.05) is 32.0 Å². The maximum Gasteiger partial charge on any atom is 0.573 e. The van der Waals surface area contributed by atoms with Crippen molar-refractivity contribution >= 4 is 22.8 Å². The number of ether oxygens (including phenoxy) is 2. The number of likely N-dealkylation sites (tertiary alicyclic amines) is 1. The molecule has 0 bridgehead atoms. The Labute approximate surface area is 203 Å². The topological polar surface area (TPSA) is 106 Å². The molecule has 2 aromatic heterocycles. The fraction of sp³-hybridized carbons (Fsp3) is 0.458. The minimum atomic E-state index is -5.07. The van der Waals surface area contributed by atoms with Crippen LogP contribution >= 0.6 is 0 Å². The van der Waals surface area contributed by atoms with Gasteiger partial charge in [-0.25, -0.2) is 14.4 Å². The summed E-state index contributed by atoms with van der Waals surface area (Å²) in [5.41, 5.74) is 7.41. The second kappa shape index (κ2) is 9.57. The third-order valence-electron chi connectivity index (χ3n) is 6.86. The van der Waals surface area contributed by atoms with E-state index in [9.17, 15) is 22.4 Å². The number of nitrogens with zero attached hydrogens (tertiary/aromatic N) is 3. The molecule has 1 amide bonds. The molecule has 0 spiro atoms. The Morgan fingerprint density at radius 1 is 1.11 bits per heavy atom. The van der Waals surface area contributed by atoms with Gasteiger partial charge >= 0.3 is 6.36 Å². The Hall–Kier alpha value is -3.41. The SMILES string of the molecule is Nc1c(C(=O)N2CCC(c3ccnc4[nH]c(C5CCOCC5)nc34)CC2)ccc(OC(F)(F)F)c1F. The van der Waals surface area contributed by atoms with Crippen molar-refractivity contribution in [3.8, 4) is 5.75 Å². The Morgan fingerprint density at radius 2 is 1.83 bits per heavy atom. The zero-order valence-electron chi connectivity index (χ0n) is 19.3. The summed E-state index contributed by atoms with van der Waals surface area (Å²) >= 11 is 0. The van der Waals surface area contributed by atoms with Crippen LogP contribution in [-0.4, -0.2) is 58.4 Å². The number of carbonyl (C=O) groups is 1. The number of fused-ring (bicyclic) bond motifs is 1. The third-order valence-corrected chi connectivity index (χ3v) is 6.86. The molecule has 2 saturated heterocycles. The number of hydrogen-bond donors (Lipinski definition) is 2. The maximum absolute atomic E-state index is 14.3. The molecular weight excluding hydrogens is 482 g/mol. The van der Waals surface area contributed by atoms with E-state index in [0.717, 1.165) is 47.5 Å². The summed E-state index contributed by atoms with van der Waals surface area (Å²) in [5, 5.41) is 0. The predicted octanol–water partition coefficient (Wildman–Crippen LogP) is 4.49. The minimum absolute atomic E-state index is 0.141. The van der Waals surface area contributed by atoms with Gasteiger partial charge in [-0.3, -0.25) is 4.79 Å². The number of nitrogens with two attached hydrogens (primary N) is 1. The second-order valence-electron chi connectivity index (χ2n) is 9.06.